The summed E-state index contributed by atoms with van der Waals surface area (Å²) < 4.78 is 6.34. The molecule has 3 nitrogen and oxygen atoms in total. The molecule has 0 saturated heterocycles. The molecule has 0 fully saturated rings. The molecule has 0 atom stereocenters. The highest BCUT2D eigenvalue weighted by atomic mass is 79.9. The zero-order valence-corrected chi connectivity index (χ0v) is 11.5. The molecular weight excluding hydrogens is 328 g/mol. The normalized spacial score (nSPS) is 10.2. The van der Waals surface area contributed by atoms with Crippen LogP contribution in [-0.4, -0.2) is 11.1 Å². The molecule has 0 spiro atoms. The molecule has 2 rings (SSSR count). The minimum atomic E-state index is -0.966. The Labute approximate surface area is 115 Å². The van der Waals surface area contributed by atoms with Gasteiger partial charge in [0.2, 0.25) is 0 Å². The maximum Gasteiger partial charge on any atom is 0.346 e. The number of carboxylic acids is 1. The van der Waals surface area contributed by atoms with Crippen molar-refractivity contribution in [2.24, 2.45) is 0 Å². The van der Waals surface area contributed by atoms with Crippen molar-refractivity contribution in [3.8, 4) is 11.5 Å². The van der Waals surface area contributed by atoms with Crippen molar-refractivity contribution in [1.82, 2.24) is 0 Å². The summed E-state index contributed by atoms with van der Waals surface area (Å²) in [6.07, 6.45) is 0. The molecule has 0 radical (unpaired) electrons. The van der Waals surface area contributed by atoms with Crippen molar-refractivity contribution >= 4 is 44.8 Å². The summed E-state index contributed by atoms with van der Waals surface area (Å²) in [6, 6.07) is 6.68. The average molecular weight is 334 g/mol. The third kappa shape index (κ3) is 3.00. The van der Waals surface area contributed by atoms with Gasteiger partial charge in [-0.15, -0.1) is 11.3 Å². The van der Waals surface area contributed by atoms with E-state index in [1.807, 2.05) is 0 Å². The van der Waals surface area contributed by atoms with Gasteiger partial charge in [0.15, 0.2) is 0 Å². The minimum absolute atomic E-state index is 0.230. The van der Waals surface area contributed by atoms with E-state index in [-0.39, 0.29) is 4.88 Å². The van der Waals surface area contributed by atoms with Crippen LogP contribution in [-0.2, 0) is 0 Å². The first-order valence-electron chi connectivity index (χ1n) is 4.51. The molecule has 0 saturated carbocycles. The van der Waals surface area contributed by atoms with Crippen molar-refractivity contribution in [2.75, 3.05) is 0 Å². The van der Waals surface area contributed by atoms with Crippen LogP contribution < -0.4 is 4.74 Å². The Morgan fingerprint density at radius 1 is 1.41 bits per heavy atom. The Balaban J connectivity index is 2.22. The van der Waals surface area contributed by atoms with Gasteiger partial charge in [0.1, 0.15) is 16.4 Å². The summed E-state index contributed by atoms with van der Waals surface area (Å²) in [6.45, 7) is 0. The predicted octanol–water partition coefficient (Wildman–Crippen LogP) is 4.65. The lowest BCUT2D eigenvalue weighted by atomic mass is 10.3. The standard InChI is InChI=1S/C11H6BrClO3S/c12-6-1-2-9(8(13)3-6)16-7-4-10(11(14)15)17-5-7/h1-5H,(H,14,15). The monoisotopic (exact) mass is 332 g/mol. The lowest BCUT2D eigenvalue weighted by molar-refractivity contribution is 0.0702. The smallest absolute Gasteiger partial charge is 0.346 e. The van der Waals surface area contributed by atoms with Crippen molar-refractivity contribution in [2.45, 2.75) is 0 Å². The van der Waals surface area contributed by atoms with Gasteiger partial charge in [-0.05, 0) is 18.2 Å². The number of benzene rings is 1. The molecule has 1 aromatic carbocycles. The number of aromatic carboxylic acids is 1. The molecule has 0 bridgehead atoms. The second kappa shape index (κ2) is 5.08. The minimum Gasteiger partial charge on any atom is -0.477 e. The van der Waals surface area contributed by atoms with Crippen LogP contribution in [0.5, 0.6) is 11.5 Å². The average Bonchev–Trinajstić information content (AvgIpc) is 2.71. The van der Waals surface area contributed by atoms with Crippen LogP contribution in [0.25, 0.3) is 0 Å². The molecular formula is C11H6BrClO3S. The van der Waals surface area contributed by atoms with Gasteiger partial charge in [0.25, 0.3) is 0 Å². The van der Waals surface area contributed by atoms with Crippen molar-refractivity contribution in [1.29, 1.82) is 0 Å². The first kappa shape index (κ1) is 12.4. The Morgan fingerprint density at radius 2 is 2.18 bits per heavy atom. The molecule has 0 aliphatic heterocycles. The summed E-state index contributed by atoms with van der Waals surface area (Å²) in [5, 5.41) is 10.9. The quantitative estimate of drug-likeness (QED) is 0.889. The van der Waals surface area contributed by atoms with Crippen LogP contribution in [0.1, 0.15) is 9.67 Å². The number of hydrogen-bond acceptors (Lipinski definition) is 3. The van der Waals surface area contributed by atoms with E-state index in [4.69, 9.17) is 21.4 Å². The fourth-order valence-corrected chi connectivity index (χ4v) is 2.53. The van der Waals surface area contributed by atoms with Gasteiger partial charge in [-0.1, -0.05) is 27.5 Å². The van der Waals surface area contributed by atoms with Crippen LogP contribution in [0, 0.1) is 0 Å². The predicted molar refractivity (Wildman–Crippen MR) is 70.5 cm³/mol. The van der Waals surface area contributed by atoms with E-state index >= 15 is 0 Å². The van der Waals surface area contributed by atoms with E-state index in [2.05, 4.69) is 15.9 Å². The number of carboxylic acid groups (broad SMARTS) is 1. The first-order valence-corrected chi connectivity index (χ1v) is 6.56. The maximum atomic E-state index is 10.7. The highest BCUT2D eigenvalue weighted by Gasteiger charge is 2.09. The number of thiophene rings is 1. The van der Waals surface area contributed by atoms with Crippen molar-refractivity contribution in [3.05, 3.63) is 44.0 Å². The van der Waals surface area contributed by atoms with E-state index in [0.717, 1.165) is 15.8 Å². The highest BCUT2D eigenvalue weighted by molar-refractivity contribution is 9.10. The molecule has 88 valence electrons. The number of halogens is 2. The Morgan fingerprint density at radius 3 is 2.76 bits per heavy atom. The molecule has 0 amide bonds. The SMILES string of the molecule is O=C(O)c1cc(Oc2ccc(Br)cc2Cl)cs1. The molecule has 0 aliphatic rings. The van der Waals surface area contributed by atoms with E-state index in [0.29, 0.717) is 16.5 Å². The molecule has 1 aromatic heterocycles. The second-order valence-corrected chi connectivity index (χ2v) is 5.36. The molecule has 1 N–H and O–H groups in total. The van der Waals surface area contributed by atoms with Gasteiger partial charge >= 0.3 is 5.97 Å². The summed E-state index contributed by atoms with van der Waals surface area (Å²) >= 11 is 10.4. The van der Waals surface area contributed by atoms with Crippen LogP contribution in [0.3, 0.4) is 0 Å². The molecule has 0 unspecified atom stereocenters. The zero-order valence-electron chi connectivity index (χ0n) is 8.31. The maximum absolute atomic E-state index is 10.7. The van der Waals surface area contributed by atoms with Gasteiger partial charge < -0.3 is 9.84 Å². The van der Waals surface area contributed by atoms with Gasteiger partial charge in [-0.2, -0.15) is 0 Å². The van der Waals surface area contributed by atoms with Gasteiger partial charge in [0.05, 0.1) is 5.02 Å². The van der Waals surface area contributed by atoms with Crippen LogP contribution in [0.15, 0.2) is 34.1 Å². The lowest BCUT2D eigenvalue weighted by Gasteiger charge is -2.05. The zero-order chi connectivity index (χ0) is 12.4. The van der Waals surface area contributed by atoms with E-state index < -0.39 is 5.97 Å². The Hall–Kier alpha value is -1.04. The van der Waals surface area contributed by atoms with Crippen LogP contribution in [0.4, 0.5) is 0 Å². The van der Waals surface area contributed by atoms with Crippen LogP contribution >= 0.6 is 38.9 Å². The summed E-state index contributed by atoms with van der Waals surface area (Å²) in [5.74, 6) is -0.00650. The van der Waals surface area contributed by atoms with Crippen LogP contribution in [0.2, 0.25) is 5.02 Å². The third-order valence-corrected chi connectivity index (χ3v) is 3.59. The highest BCUT2D eigenvalue weighted by Crippen LogP contribution is 2.33. The molecule has 6 heteroatoms. The largest absolute Gasteiger partial charge is 0.477 e. The lowest BCUT2D eigenvalue weighted by Crippen LogP contribution is -1.90. The third-order valence-electron chi connectivity index (χ3n) is 1.91. The van der Waals surface area contributed by atoms with E-state index in [9.17, 15) is 4.79 Å². The molecule has 17 heavy (non-hydrogen) atoms. The molecule has 2 aromatic rings. The number of ether oxygens (including phenoxy) is 1. The number of hydrogen-bond donors (Lipinski definition) is 1. The van der Waals surface area contributed by atoms with Gasteiger partial charge in [0, 0.05) is 15.9 Å². The van der Waals surface area contributed by atoms with Gasteiger partial charge in [-0.3, -0.25) is 0 Å². The first-order chi connectivity index (χ1) is 8.06. The second-order valence-electron chi connectivity index (χ2n) is 3.13. The molecule has 1 heterocycles. The van der Waals surface area contributed by atoms with Crippen molar-refractivity contribution in [3.63, 3.8) is 0 Å². The van der Waals surface area contributed by atoms with Gasteiger partial charge in [-0.25, -0.2) is 4.79 Å². The summed E-state index contributed by atoms with van der Waals surface area (Å²) in [4.78, 5) is 10.9. The summed E-state index contributed by atoms with van der Waals surface area (Å²) in [5.41, 5.74) is 0. The summed E-state index contributed by atoms with van der Waals surface area (Å²) in [7, 11) is 0. The van der Waals surface area contributed by atoms with Crippen molar-refractivity contribution < 1.29 is 14.6 Å². The fourth-order valence-electron chi connectivity index (χ4n) is 1.17. The van der Waals surface area contributed by atoms with E-state index in [1.54, 1.807) is 23.6 Å². The molecule has 0 aliphatic carbocycles. The number of rotatable bonds is 3. The number of carbonyl (C=O) groups is 1. The Kier molecular flexibility index (Phi) is 3.71. The fraction of sp³-hybridized carbons (Fsp3) is 0. The Bertz CT molecular complexity index is 568. The topological polar surface area (TPSA) is 46.5 Å². The van der Waals surface area contributed by atoms with E-state index in [1.165, 1.54) is 6.07 Å².